The summed E-state index contributed by atoms with van der Waals surface area (Å²) in [6.45, 7) is 1.92. The van der Waals surface area contributed by atoms with Crippen LogP contribution in [0, 0.1) is 41.4 Å². The highest BCUT2D eigenvalue weighted by Crippen LogP contribution is 2.57. The summed E-state index contributed by atoms with van der Waals surface area (Å²) in [5.41, 5.74) is 6.38. The van der Waals surface area contributed by atoms with E-state index in [9.17, 15) is 0 Å². The zero-order valence-electron chi connectivity index (χ0n) is 10.3. The highest BCUT2D eigenvalue weighted by Gasteiger charge is 2.49. The van der Waals surface area contributed by atoms with Gasteiger partial charge in [-0.2, -0.15) is 0 Å². The highest BCUT2D eigenvalue weighted by molar-refractivity contribution is 5.05. The summed E-state index contributed by atoms with van der Waals surface area (Å²) in [6, 6.07) is 0.349. The second-order valence-corrected chi connectivity index (χ2v) is 6.30. The Kier molecular flexibility index (Phi) is 2.72. The van der Waals surface area contributed by atoms with Crippen LogP contribution in [-0.2, 0) is 0 Å². The molecule has 0 aromatic rings. The van der Waals surface area contributed by atoms with Crippen LogP contribution in [0.25, 0.3) is 0 Å². The molecule has 1 unspecified atom stereocenters. The molecule has 4 aliphatic carbocycles. The lowest BCUT2D eigenvalue weighted by molar-refractivity contribution is -0.0459. The van der Waals surface area contributed by atoms with Crippen molar-refractivity contribution in [1.82, 2.24) is 0 Å². The number of rotatable bonds is 2. The lowest BCUT2D eigenvalue weighted by Gasteiger charge is -2.55. The van der Waals surface area contributed by atoms with Gasteiger partial charge in [0.2, 0.25) is 0 Å². The van der Waals surface area contributed by atoms with Crippen molar-refractivity contribution < 1.29 is 0 Å². The second-order valence-electron chi connectivity index (χ2n) is 6.30. The summed E-state index contributed by atoms with van der Waals surface area (Å²) in [7, 11) is 0. The minimum Gasteiger partial charge on any atom is -0.327 e. The average Bonchev–Trinajstić information content (AvgIpc) is 2.24. The van der Waals surface area contributed by atoms with Gasteiger partial charge in [-0.3, -0.25) is 0 Å². The van der Waals surface area contributed by atoms with Crippen molar-refractivity contribution in [3.8, 4) is 11.8 Å². The number of hydrogen-bond acceptors (Lipinski definition) is 1. The van der Waals surface area contributed by atoms with Gasteiger partial charge in [-0.05, 0) is 68.6 Å². The van der Waals surface area contributed by atoms with Crippen molar-refractivity contribution in [2.24, 2.45) is 35.3 Å². The Labute approximate surface area is 99.2 Å². The molecule has 4 bridgehead atoms. The first-order valence-corrected chi connectivity index (χ1v) is 6.93. The smallest absolute Gasteiger partial charge is 0.0243 e. The molecule has 4 aliphatic rings. The van der Waals surface area contributed by atoms with Gasteiger partial charge in [0.1, 0.15) is 0 Å². The summed E-state index contributed by atoms with van der Waals surface area (Å²) < 4.78 is 0. The molecular weight excluding hydrogens is 194 g/mol. The van der Waals surface area contributed by atoms with Crippen LogP contribution in [0.5, 0.6) is 0 Å². The van der Waals surface area contributed by atoms with Crippen LogP contribution >= 0.6 is 0 Å². The summed E-state index contributed by atoms with van der Waals surface area (Å²) in [4.78, 5) is 0. The SMILES string of the molecule is CC#CCC(N)C1C2CC3CC(C2)CC1C3. The molecule has 0 heterocycles. The quantitative estimate of drug-likeness (QED) is 0.707. The normalized spacial score (nSPS) is 46.2. The van der Waals surface area contributed by atoms with Crippen LogP contribution in [-0.4, -0.2) is 6.04 Å². The van der Waals surface area contributed by atoms with Crippen LogP contribution < -0.4 is 5.73 Å². The number of nitrogens with two attached hydrogens (primary N) is 1. The molecule has 4 rings (SSSR count). The van der Waals surface area contributed by atoms with Gasteiger partial charge < -0.3 is 5.73 Å². The highest BCUT2D eigenvalue weighted by atomic mass is 14.7. The van der Waals surface area contributed by atoms with E-state index in [1.165, 1.54) is 32.1 Å². The Morgan fingerprint density at radius 3 is 2.12 bits per heavy atom. The largest absolute Gasteiger partial charge is 0.327 e. The molecule has 0 radical (unpaired) electrons. The standard InChI is InChI=1S/C15H23N/c1-2-3-4-14(16)15-12-6-10-5-11(8-12)9-13(15)7-10/h10-15H,4-9,16H2,1H3. The van der Waals surface area contributed by atoms with Gasteiger partial charge in [0.05, 0.1) is 0 Å². The van der Waals surface area contributed by atoms with E-state index in [0.717, 1.165) is 36.0 Å². The van der Waals surface area contributed by atoms with Gasteiger partial charge in [-0.1, -0.05) is 0 Å². The first kappa shape index (κ1) is 10.7. The van der Waals surface area contributed by atoms with Crippen molar-refractivity contribution in [3.05, 3.63) is 0 Å². The van der Waals surface area contributed by atoms with E-state index in [1.807, 2.05) is 6.92 Å². The number of hydrogen-bond donors (Lipinski definition) is 1. The minimum atomic E-state index is 0.349. The molecule has 0 amide bonds. The summed E-state index contributed by atoms with van der Waals surface area (Å²) in [6.07, 6.45) is 8.36. The first-order valence-electron chi connectivity index (χ1n) is 6.93. The zero-order valence-corrected chi connectivity index (χ0v) is 10.3. The van der Waals surface area contributed by atoms with E-state index in [4.69, 9.17) is 5.73 Å². The second kappa shape index (κ2) is 4.08. The van der Waals surface area contributed by atoms with Gasteiger partial charge in [0.25, 0.3) is 0 Å². The van der Waals surface area contributed by atoms with Gasteiger partial charge in [0.15, 0.2) is 0 Å². The van der Waals surface area contributed by atoms with E-state index in [0.29, 0.717) is 6.04 Å². The Balaban J connectivity index is 1.73. The molecule has 1 atom stereocenters. The molecular formula is C15H23N. The van der Waals surface area contributed by atoms with Crippen LogP contribution in [0.2, 0.25) is 0 Å². The van der Waals surface area contributed by atoms with Crippen LogP contribution in [0.1, 0.15) is 45.4 Å². The molecule has 0 aromatic carbocycles. The molecule has 16 heavy (non-hydrogen) atoms. The topological polar surface area (TPSA) is 26.0 Å². The molecule has 1 nitrogen and oxygen atoms in total. The first-order chi connectivity index (χ1) is 7.78. The lowest BCUT2D eigenvalue weighted by atomic mass is 9.50. The van der Waals surface area contributed by atoms with E-state index < -0.39 is 0 Å². The molecule has 0 aliphatic heterocycles. The average molecular weight is 217 g/mol. The molecule has 2 N–H and O–H groups in total. The molecule has 0 spiro atoms. The molecule has 0 aromatic heterocycles. The van der Waals surface area contributed by atoms with E-state index in [1.54, 1.807) is 0 Å². The lowest BCUT2D eigenvalue weighted by Crippen LogP contribution is -2.51. The third-order valence-electron chi connectivity index (χ3n) is 5.31. The fourth-order valence-corrected chi connectivity index (χ4v) is 5.02. The van der Waals surface area contributed by atoms with Crippen molar-refractivity contribution in [2.45, 2.75) is 51.5 Å². The zero-order chi connectivity index (χ0) is 11.1. The van der Waals surface area contributed by atoms with E-state index in [2.05, 4.69) is 11.8 Å². The van der Waals surface area contributed by atoms with Crippen molar-refractivity contribution in [2.75, 3.05) is 0 Å². The maximum Gasteiger partial charge on any atom is 0.0243 e. The molecule has 4 fully saturated rings. The van der Waals surface area contributed by atoms with Crippen molar-refractivity contribution in [1.29, 1.82) is 0 Å². The van der Waals surface area contributed by atoms with Gasteiger partial charge in [0, 0.05) is 12.5 Å². The third-order valence-corrected chi connectivity index (χ3v) is 5.31. The molecule has 1 heteroatoms. The summed E-state index contributed by atoms with van der Waals surface area (Å²) in [5, 5.41) is 0. The Hall–Kier alpha value is -0.480. The Morgan fingerprint density at radius 2 is 1.62 bits per heavy atom. The minimum absolute atomic E-state index is 0.349. The molecule has 4 saturated carbocycles. The van der Waals surface area contributed by atoms with Crippen LogP contribution in [0.3, 0.4) is 0 Å². The molecule has 0 saturated heterocycles. The monoisotopic (exact) mass is 217 g/mol. The summed E-state index contributed by atoms with van der Waals surface area (Å²) >= 11 is 0. The Bertz CT molecular complexity index is 294. The fraction of sp³-hybridized carbons (Fsp3) is 0.867. The fourth-order valence-electron chi connectivity index (χ4n) is 5.02. The van der Waals surface area contributed by atoms with Crippen LogP contribution in [0.15, 0.2) is 0 Å². The third kappa shape index (κ3) is 1.68. The predicted octanol–water partition coefficient (Wildman–Crippen LogP) is 2.80. The summed E-state index contributed by atoms with van der Waals surface area (Å²) in [5.74, 6) is 11.0. The maximum absolute atomic E-state index is 6.38. The maximum atomic E-state index is 6.38. The Morgan fingerprint density at radius 1 is 1.06 bits per heavy atom. The van der Waals surface area contributed by atoms with E-state index >= 15 is 0 Å². The van der Waals surface area contributed by atoms with Crippen LogP contribution in [0.4, 0.5) is 0 Å². The van der Waals surface area contributed by atoms with Gasteiger partial charge in [-0.15, -0.1) is 11.8 Å². The van der Waals surface area contributed by atoms with Gasteiger partial charge in [-0.25, -0.2) is 0 Å². The van der Waals surface area contributed by atoms with Crippen molar-refractivity contribution >= 4 is 0 Å². The molecule has 88 valence electrons. The van der Waals surface area contributed by atoms with E-state index in [-0.39, 0.29) is 0 Å². The van der Waals surface area contributed by atoms with Crippen molar-refractivity contribution in [3.63, 3.8) is 0 Å². The van der Waals surface area contributed by atoms with Gasteiger partial charge >= 0.3 is 0 Å². The predicted molar refractivity (Wildman–Crippen MR) is 66.6 cm³/mol.